The maximum absolute atomic E-state index is 8.88. The molecule has 3 rings (SSSR count). The van der Waals surface area contributed by atoms with Crippen LogP contribution in [0.15, 0.2) is 30.5 Å². The van der Waals surface area contributed by atoms with E-state index in [-0.39, 0.29) is 6.61 Å². The molecule has 5 heteroatoms. The number of H-pyrrole nitrogens is 1. The van der Waals surface area contributed by atoms with E-state index in [1.807, 2.05) is 18.3 Å². The lowest BCUT2D eigenvalue weighted by Gasteiger charge is -2.35. The fraction of sp³-hybridized carbons (Fsp3) is 0.500. The van der Waals surface area contributed by atoms with E-state index in [0.29, 0.717) is 12.6 Å². The predicted octanol–water partition coefficient (Wildman–Crippen LogP) is 2.82. The minimum absolute atomic E-state index is 0.0392. The number of rotatable bonds is 6. The number of ether oxygens (including phenoxy) is 1. The van der Waals surface area contributed by atoms with Crippen LogP contribution in [0.25, 0.3) is 0 Å². The summed E-state index contributed by atoms with van der Waals surface area (Å²) in [5.41, 5.74) is 3.73. The summed E-state index contributed by atoms with van der Waals surface area (Å²) in [7, 11) is 0. The molecule has 2 N–H and O–H groups in total. The SMILES string of the molecule is Cc1cn[nH]c1C1CCCCN1Cc1cccc(OCCO)c1. The third-order valence-corrected chi connectivity index (χ3v) is 4.46. The second-order valence-corrected chi connectivity index (χ2v) is 6.17. The van der Waals surface area contributed by atoms with E-state index in [4.69, 9.17) is 9.84 Å². The number of likely N-dealkylation sites (tertiary alicyclic amines) is 1. The predicted molar refractivity (Wildman–Crippen MR) is 89.3 cm³/mol. The highest BCUT2D eigenvalue weighted by Crippen LogP contribution is 2.32. The van der Waals surface area contributed by atoms with Crippen molar-refractivity contribution < 1.29 is 9.84 Å². The van der Waals surface area contributed by atoms with Crippen LogP contribution >= 0.6 is 0 Å². The number of aryl methyl sites for hydroxylation is 1. The van der Waals surface area contributed by atoms with Gasteiger partial charge in [-0.05, 0) is 49.6 Å². The van der Waals surface area contributed by atoms with Crippen LogP contribution in [-0.2, 0) is 6.54 Å². The van der Waals surface area contributed by atoms with Gasteiger partial charge in [-0.1, -0.05) is 18.6 Å². The maximum atomic E-state index is 8.88. The Balaban J connectivity index is 1.73. The zero-order valence-corrected chi connectivity index (χ0v) is 13.7. The molecule has 23 heavy (non-hydrogen) atoms. The zero-order valence-electron chi connectivity index (χ0n) is 13.7. The van der Waals surface area contributed by atoms with Gasteiger partial charge in [0.1, 0.15) is 12.4 Å². The number of hydrogen-bond donors (Lipinski definition) is 2. The summed E-state index contributed by atoms with van der Waals surface area (Å²) in [5, 5.41) is 16.3. The highest BCUT2D eigenvalue weighted by atomic mass is 16.5. The molecule has 1 aromatic carbocycles. The average Bonchev–Trinajstić information content (AvgIpc) is 3.00. The quantitative estimate of drug-likeness (QED) is 0.860. The molecule has 1 aliphatic heterocycles. The van der Waals surface area contributed by atoms with Crippen molar-refractivity contribution in [2.75, 3.05) is 19.8 Å². The van der Waals surface area contributed by atoms with Crippen molar-refractivity contribution >= 4 is 0 Å². The van der Waals surface area contributed by atoms with Gasteiger partial charge in [-0.15, -0.1) is 0 Å². The first-order chi connectivity index (χ1) is 11.3. The first kappa shape index (κ1) is 16.0. The van der Waals surface area contributed by atoms with E-state index in [2.05, 4.69) is 34.2 Å². The minimum Gasteiger partial charge on any atom is -0.491 e. The Morgan fingerprint density at radius 2 is 2.30 bits per heavy atom. The summed E-state index contributed by atoms with van der Waals surface area (Å²) in [4.78, 5) is 2.52. The summed E-state index contributed by atoms with van der Waals surface area (Å²) >= 11 is 0. The second-order valence-electron chi connectivity index (χ2n) is 6.17. The number of piperidine rings is 1. The molecule has 0 radical (unpaired) electrons. The summed E-state index contributed by atoms with van der Waals surface area (Å²) in [6.07, 6.45) is 5.58. The lowest BCUT2D eigenvalue weighted by atomic mass is 9.96. The Bertz CT molecular complexity index is 626. The van der Waals surface area contributed by atoms with Crippen LogP contribution < -0.4 is 4.74 Å². The number of nitrogens with one attached hydrogen (secondary N) is 1. The smallest absolute Gasteiger partial charge is 0.119 e. The van der Waals surface area contributed by atoms with Gasteiger partial charge in [-0.2, -0.15) is 5.10 Å². The monoisotopic (exact) mass is 315 g/mol. The van der Waals surface area contributed by atoms with E-state index in [1.54, 1.807) is 0 Å². The molecule has 2 heterocycles. The van der Waals surface area contributed by atoms with Gasteiger partial charge in [-0.25, -0.2) is 0 Å². The van der Waals surface area contributed by atoms with E-state index in [9.17, 15) is 0 Å². The average molecular weight is 315 g/mol. The molecule has 1 aliphatic rings. The minimum atomic E-state index is 0.0392. The van der Waals surface area contributed by atoms with Crippen LogP contribution in [0.4, 0.5) is 0 Å². The van der Waals surface area contributed by atoms with Crippen molar-refractivity contribution in [2.45, 2.75) is 38.8 Å². The largest absolute Gasteiger partial charge is 0.491 e. The Kier molecular flexibility index (Phi) is 5.31. The van der Waals surface area contributed by atoms with E-state index in [0.717, 1.165) is 18.8 Å². The van der Waals surface area contributed by atoms with Gasteiger partial charge in [0.05, 0.1) is 24.5 Å². The molecular weight excluding hydrogens is 290 g/mol. The summed E-state index contributed by atoms with van der Waals surface area (Å²) in [5.74, 6) is 0.822. The number of aliphatic hydroxyl groups excluding tert-OH is 1. The van der Waals surface area contributed by atoms with E-state index < -0.39 is 0 Å². The molecule has 2 aromatic rings. The highest BCUT2D eigenvalue weighted by Gasteiger charge is 2.26. The molecular formula is C18H25N3O2. The molecule has 1 fully saturated rings. The fourth-order valence-electron chi connectivity index (χ4n) is 3.33. The van der Waals surface area contributed by atoms with Crippen LogP contribution in [0.3, 0.4) is 0 Å². The van der Waals surface area contributed by atoms with Gasteiger partial charge in [0.25, 0.3) is 0 Å². The van der Waals surface area contributed by atoms with Crippen LogP contribution in [-0.4, -0.2) is 40.0 Å². The Morgan fingerprint density at radius 3 is 3.09 bits per heavy atom. The van der Waals surface area contributed by atoms with Crippen molar-refractivity contribution in [2.24, 2.45) is 0 Å². The van der Waals surface area contributed by atoms with E-state index in [1.165, 1.54) is 36.1 Å². The number of hydrogen-bond acceptors (Lipinski definition) is 4. The molecule has 5 nitrogen and oxygen atoms in total. The van der Waals surface area contributed by atoms with Crippen molar-refractivity contribution in [3.05, 3.63) is 47.3 Å². The Morgan fingerprint density at radius 1 is 1.39 bits per heavy atom. The lowest BCUT2D eigenvalue weighted by Crippen LogP contribution is -2.33. The van der Waals surface area contributed by atoms with E-state index >= 15 is 0 Å². The van der Waals surface area contributed by atoms with Crippen LogP contribution in [0.5, 0.6) is 5.75 Å². The molecule has 1 aromatic heterocycles. The van der Waals surface area contributed by atoms with Gasteiger partial charge in [0, 0.05) is 6.54 Å². The normalized spacial score (nSPS) is 19.0. The number of benzene rings is 1. The first-order valence-corrected chi connectivity index (χ1v) is 8.34. The molecule has 1 atom stereocenters. The van der Waals surface area contributed by atoms with Gasteiger partial charge < -0.3 is 9.84 Å². The number of aliphatic hydroxyl groups is 1. The highest BCUT2D eigenvalue weighted by molar-refractivity contribution is 5.29. The zero-order chi connectivity index (χ0) is 16.1. The summed E-state index contributed by atoms with van der Waals surface area (Å²) in [6.45, 7) is 4.50. The Hall–Kier alpha value is -1.85. The molecule has 0 bridgehead atoms. The molecule has 0 spiro atoms. The first-order valence-electron chi connectivity index (χ1n) is 8.34. The van der Waals surface area contributed by atoms with Crippen LogP contribution in [0, 0.1) is 6.92 Å². The fourth-order valence-corrected chi connectivity index (χ4v) is 3.33. The molecule has 124 valence electrons. The van der Waals surface area contributed by atoms with Gasteiger partial charge in [0.2, 0.25) is 0 Å². The number of nitrogens with zero attached hydrogens (tertiary/aromatic N) is 2. The lowest BCUT2D eigenvalue weighted by molar-refractivity contribution is 0.136. The molecule has 0 saturated carbocycles. The Labute approximate surface area is 137 Å². The second kappa shape index (κ2) is 7.62. The van der Waals surface area contributed by atoms with Crippen molar-refractivity contribution in [1.82, 2.24) is 15.1 Å². The molecule has 1 saturated heterocycles. The summed E-state index contributed by atoms with van der Waals surface area (Å²) in [6, 6.07) is 8.57. The number of aromatic amines is 1. The van der Waals surface area contributed by atoms with Crippen molar-refractivity contribution in [3.63, 3.8) is 0 Å². The van der Waals surface area contributed by atoms with Gasteiger partial charge in [0.15, 0.2) is 0 Å². The van der Waals surface area contributed by atoms with Crippen molar-refractivity contribution in [3.8, 4) is 5.75 Å². The third-order valence-electron chi connectivity index (χ3n) is 4.46. The standard InChI is InChI=1S/C18H25N3O2/c1-14-12-19-20-18(14)17-7-2-3-8-21(17)13-15-5-4-6-16(11-15)23-10-9-22/h4-6,11-12,17,22H,2-3,7-10,13H2,1H3,(H,19,20). The van der Waals surface area contributed by atoms with Crippen LogP contribution in [0.2, 0.25) is 0 Å². The molecule has 0 amide bonds. The number of aromatic nitrogens is 2. The molecule has 1 unspecified atom stereocenters. The third kappa shape index (κ3) is 3.92. The van der Waals surface area contributed by atoms with Gasteiger partial charge >= 0.3 is 0 Å². The maximum Gasteiger partial charge on any atom is 0.119 e. The topological polar surface area (TPSA) is 61.4 Å². The summed E-state index contributed by atoms with van der Waals surface area (Å²) < 4.78 is 5.52. The molecule has 0 aliphatic carbocycles. The van der Waals surface area contributed by atoms with Crippen LogP contribution in [0.1, 0.15) is 42.1 Å². The van der Waals surface area contributed by atoms with Gasteiger partial charge in [-0.3, -0.25) is 10.00 Å². The van der Waals surface area contributed by atoms with Crippen molar-refractivity contribution in [1.29, 1.82) is 0 Å².